The van der Waals surface area contributed by atoms with Crippen LogP contribution in [-0.4, -0.2) is 0 Å². The van der Waals surface area contributed by atoms with Crippen LogP contribution in [0, 0.1) is 23.3 Å². The summed E-state index contributed by atoms with van der Waals surface area (Å²) in [6, 6.07) is 4.86. The predicted octanol–water partition coefficient (Wildman–Crippen LogP) is 5.18. The van der Waals surface area contributed by atoms with E-state index >= 15 is 0 Å². The molecule has 1 nitrogen and oxygen atoms in total. The van der Waals surface area contributed by atoms with Crippen molar-refractivity contribution in [2.75, 3.05) is 5.32 Å². The van der Waals surface area contributed by atoms with Crippen molar-refractivity contribution in [3.8, 4) is 0 Å². The summed E-state index contributed by atoms with van der Waals surface area (Å²) in [5.74, 6) is -3.85. The van der Waals surface area contributed by atoms with Crippen LogP contribution in [0.4, 0.5) is 23.2 Å². The molecule has 0 fully saturated rings. The maximum atomic E-state index is 13.7. The van der Waals surface area contributed by atoms with E-state index in [1.54, 1.807) is 6.92 Å². The molecule has 0 aliphatic rings. The molecule has 1 unspecified atom stereocenters. The zero-order chi connectivity index (χ0) is 14.9. The van der Waals surface area contributed by atoms with Gasteiger partial charge in [-0.1, -0.05) is 15.9 Å². The van der Waals surface area contributed by atoms with Crippen molar-refractivity contribution in [3.05, 3.63) is 63.6 Å². The second-order valence-corrected chi connectivity index (χ2v) is 5.19. The molecule has 6 heteroatoms. The molecule has 0 heterocycles. The second kappa shape index (κ2) is 5.83. The average molecular weight is 348 g/mol. The second-order valence-electron chi connectivity index (χ2n) is 4.28. The van der Waals surface area contributed by atoms with Crippen LogP contribution in [0.5, 0.6) is 0 Å². The molecule has 2 aromatic rings. The number of rotatable bonds is 3. The van der Waals surface area contributed by atoms with Gasteiger partial charge in [-0.05, 0) is 25.1 Å². The smallest absolute Gasteiger partial charge is 0.161 e. The van der Waals surface area contributed by atoms with Crippen LogP contribution in [0.15, 0.2) is 34.8 Å². The fourth-order valence-corrected chi connectivity index (χ4v) is 2.17. The zero-order valence-electron chi connectivity index (χ0n) is 10.4. The first-order valence-electron chi connectivity index (χ1n) is 5.74. The van der Waals surface area contributed by atoms with Crippen LogP contribution >= 0.6 is 15.9 Å². The molecule has 1 atom stereocenters. The third kappa shape index (κ3) is 3.12. The van der Waals surface area contributed by atoms with E-state index < -0.39 is 29.3 Å². The third-order valence-corrected chi connectivity index (χ3v) is 3.30. The highest BCUT2D eigenvalue weighted by atomic mass is 79.9. The van der Waals surface area contributed by atoms with Gasteiger partial charge in [0.1, 0.15) is 11.6 Å². The minimum atomic E-state index is -1.27. The highest BCUT2D eigenvalue weighted by Gasteiger charge is 2.15. The van der Waals surface area contributed by atoms with Gasteiger partial charge in [0.2, 0.25) is 0 Å². The van der Waals surface area contributed by atoms with Gasteiger partial charge in [0.25, 0.3) is 0 Å². The van der Waals surface area contributed by atoms with Gasteiger partial charge in [-0.2, -0.15) is 0 Å². The highest BCUT2D eigenvalue weighted by molar-refractivity contribution is 9.10. The number of anilines is 1. The topological polar surface area (TPSA) is 12.0 Å². The maximum Gasteiger partial charge on any atom is 0.161 e. The molecule has 0 amide bonds. The molecule has 0 spiro atoms. The summed E-state index contributed by atoms with van der Waals surface area (Å²) in [7, 11) is 0. The van der Waals surface area contributed by atoms with Gasteiger partial charge in [-0.3, -0.25) is 0 Å². The zero-order valence-corrected chi connectivity index (χ0v) is 11.9. The van der Waals surface area contributed by atoms with E-state index in [0.29, 0.717) is 16.6 Å². The molecule has 0 saturated carbocycles. The summed E-state index contributed by atoms with van der Waals surface area (Å²) in [6.07, 6.45) is 0. The number of hydrogen-bond donors (Lipinski definition) is 1. The van der Waals surface area contributed by atoms with E-state index in [-0.39, 0.29) is 11.3 Å². The molecule has 0 aliphatic heterocycles. The summed E-state index contributed by atoms with van der Waals surface area (Å²) < 4.78 is 53.8. The van der Waals surface area contributed by atoms with E-state index in [2.05, 4.69) is 21.2 Å². The Labute approximate surface area is 121 Å². The van der Waals surface area contributed by atoms with E-state index in [4.69, 9.17) is 0 Å². The van der Waals surface area contributed by atoms with Crippen molar-refractivity contribution in [3.63, 3.8) is 0 Å². The van der Waals surface area contributed by atoms with Crippen molar-refractivity contribution in [1.29, 1.82) is 0 Å². The Balaban J connectivity index is 2.30. The lowest BCUT2D eigenvalue weighted by Gasteiger charge is -2.17. The maximum absolute atomic E-state index is 13.7. The molecule has 0 saturated heterocycles. The van der Waals surface area contributed by atoms with Crippen molar-refractivity contribution in [2.45, 2.75) is 13.0 Å². The predicted molar refractivity (Wildman–Crippen MR) is 72.5 cm³/mol. The van der Waals surface area contributed by atoms with Gasteiger partial charge in [0, 0.05) is 22.2 Å². The summed E-state index contributed by atoms with van der Waals surface area (Å²) in [5, 5.41) is 2.62. The Morgan fingerprint density at radius 2 is 1.55 bits per heavy atom. The monoisotopic (exact) mass is 347 g/mol. The lowest BCUT2D eigenvalue weighted by molar-refractivity contribution is 0.495. The van der Waals surface area contributed by atoms with Crippen molar-refractivity contribution >= 4 is 21.6 Å². The van der Waals surface area contributed by atoms with Crippen LogP contribution in [-0.2, 0) is 0 Å². The molecule has 0 bridgehead atoms. The van der Waals surface area contributed by atoms with Gasteiger partial charge in [-0.25, -0.2) is 17.6 Å². The van der Waals surface area contributed by atoms with E-state index in [1.807, 2.05) is 0 Å². The number of nitrogens with one attached hydrogen (secondary N) is 1. The molecule has 2 aromatic carbocycles. The largest absolute Gasteiger partial charge is 0.376 e. The average Bonchev–Trinajstić information content (AvgIpc) is 2.38. The van der Waals surface area contributed by atoms with Gasteiger partial charge in [0.15, 0.2) is 11.6 Å². The van der Waals surface area contributed by atoms with Crippen LogP contribution in [0.25, 0.3) is 0 Å². The van der Waals surface area contributed by atoms with Gasteiger partial charge in [0.05, 0.1) is 11.7 Å². The summed E-state index contributed by atoms with van der Waals surface area (Å²) in [6.45, 7) is 1.59. The third-order valence-electron chi connectivity index (χ3n) is 2.81. The van der Waals surface area contributed by atoms with Gasteiger partial charge in [-0.15, -0.1) is 0 Å². The minimum absolute atomic E-state index is 0.226. The van der Waals surface area contributed by atoms with Gasteiger partial charge < -0.3 is 5.32 Å². The Morgan fingerprint density at radius 1 is 0.900 bits per heavy atom. The molecule has 2 rings (SSSR count). The highest BCUT2D eigenvalue weighted by Crippen LogP contribution is 2.27. The van der Waals surface area contributed by atoms with Crippen LogP contribution < -0.4 is 5.32 Å². The van der Waals surface area contributed by atoms with Crippen LogP contribution in [0.1, 0.15) is 18.5 Å². The molecular formula is C14H10BrF4N. The van der Waals surface area contributed by atoms with Crippen molar-refractivity contribution < 1.29 is 17.6 Å². The van der Waals surface area contributed by atoms with Crippen LogP contribution in [0.2, 0.25) is 0 Å². The summed E-state index contributed by atoms with van der Waals surface area (Å²) >= 11 is 3.21. The fraction of sp³-hybridized carbons (Fsp3) is 0.143. The first-order valence-corrected chi connectivity index (χ1v) is 6.54. The Kier molecular flexibility index (Phi) is 4.32. The molecule has 0 aliphatic carbocycles. The summed E-state index contributed by atoms with van der Waals surface area (Å²) in [5.41, 5.74) is 0.0549. The molecular weight excluding hydrogens is 338 g/mol. The Hall–Kier alpha value is -1.56. The Morgan fingerprint density at radius 3 is 2.25 bits per heavy atom. The minimum Gasteiger partial charge on any atom is -0.376 e. The van der Waals surface area contributed by atoms with Crippen LogP contribution in [0.3, 0.4) is 0 Å². The normalized spacial score (nSPS) is 12.3. The van der Waals surface area contributed by atoms with Crippen molar-refractivity contribution in [2.24, 2.45) is 0 Å². The lowest BCUT2D eigenvalue weighted by atomic mass is 10.1. The lowest BCUT2D eigenvalue weighted by Crippen LogP contribution is -2.10. The molecule has 0 aromatic heterocycles. The first kappa shape index (κ1) is 14.8. The standard InChI is InChI=1S/C14H10BrF4N/c1-7(9-4-8(15)2-3-10(9)16)20-14-6-12(18)11(17)5-13(14)19/h2-7,20H,1H3. The first-order chi connectivity index (χ1) is 9.38. The van der Waals surface area contributed by atoms with E-state index in [1.165, 1.54) is 18.2 Å². The Bertz CT molecular complexity index is 645. The van der Waals surface area contributed by atoms with E-state index in [9.17, 15) is 17.6 Å². The molecule has 0 radical (unpaired) electrons. The number of benzene rings is 2. The summed E-state index contributed by atoms with van der Waals surface area (Å²) in [4.78, 5) is 0. The number of hydrogen-bond acceptors (Lipinski definition) is 1. The molecule has 106 valence electrons. The quantitative estimate of drug-likeness (QED) is 0.595. The van der Waals surface area contributed by atoms with Crippen molar-refractivity contribution in [1.82, 2.24) is 0 Å². The SMILES string of the molecule is CC(Nc1cc(F)c(F)cc1F)c1cc(Br)ccc1F. The van der Waals surface area contributed by atoms with Gasteiger partial charge >= 0.3 is 0 Å². The number of halogens is 5. The van der Waals surface area contributed by atoms with E-state index in [0.717, 1.165) is 0 Å². The molecule has 20 heavy (non-hydrogen) atoms. The molecule has 1 N–H and O–H groups in total. The fourth-order valence-electron chi connectivity index (χ4n) is 1.79.